The lowest BCUT2D eigenvalue weighted by molar-refractivity contribution is 0.103. The molecule has 0 aliphatic carbocycles. The van der Waals surface area contributed by atoms with Gasteiger partial charge < -0.3 is 8.37 Å². The molecule has 0 saturated heterocycles. The zero-order valence-electron chi connectivity index (χ0n) is 11.5. The maximum atomic E-state index is 12.4. The van der Waals surface area contributed by atoms with Gasteiger partial charge in [-0.3, -0.25) is 4.79 Å². The van der Waals surface area contributed by atoms with E-state index in [1.807, 2.05) is 0 Å². The Kier molecular flexibility index (Phi) is 4.85. The number of ketones is 1. The Bertz CT molecular complexity index is 871. The molecule has 11 heteroatoms. The highest BCUT2D eigenvalue weighted by atomic mass is 32.3. The normalized spacial score (nSPS) is 11.8. The van der Waals surface area contributed by atoms with Crippen LogP contribution in [0.3, 0.4) is 0 Å². The van der Waals surface area contributed by atoms with E-state index in [-0.39, 0.29) is 22.6 Å². The van der Waals surface area contributed by atoms with Crippen molar-refractivity contribution in [3.63, 3.8) is 0 Å². The Morgan fingerprint density at radius 1 is 0.667 bits per heavy atom. The first-order valence-corrected chi connectivity index (χ1v) is 8.68. The van der Waals surface area contributed by atoms with Crippen LogP contribution in [0, 0.1) is 0 Å². The number of halogens is 2. The molecule has 0 bridgehead atoms. The predicted octanol–water partition coefficient (Wildman–Crippen LogP) is 2.10. The summed E-state index contributed by atoms with van der Waals surface area (Å²) < 4.78 is 74.0. The topological polar surface area (TPSA) is 104 Å². The van der Waals surface area contributed by atoms with E-state index in [1.165, 1.54) is 24.3 Å². The molecule has 0 heterocycles. The second-order valence-electron chi connectivity index (χ2n) is 4.33. The van der Waals surface area contributed by atoms with Crippen LogP contribution >= 0.6 is 0 Å². The van der Waals surface area contributed by atoms with E-state index in [1.54, 1.807) is 0 Å². The molecule has 0 aliphatic rings. The van der Waals surface area contributed by atoms with Gasteiger partial charge in [0, 0.05) is 11.1 Å². The molecule has 0 radical (unpaired) electrons. The van der Waals surface area contributed by atoms with E-state index in [4.69, 9.17) is 0 Å². The number of hydrogen-bond acceptors (Lipinski definition) is 7. The number of rotatable bonds is 6. The lowest BCUT2D eigenvalue weighted by Gasteiger charge is -2.04. The fourth-order valence-electron chi connectivity index (χ4n) is 1.72. The van der Waals surface area contributed by atoms with Crippen molar-refractivity contribution in [1.82, 2.24) is 0 Å². The van der Waals surface area contributed by atoms with Crippen LogP contribution in [-0.2, 0) is 21.0 Å². The maximum Gasteiger partial charge on any atom is 0.488 e. The van der Waals surface area contributed by atoms with Gasteiger partial charge >= 0.3 is 21.0 Å². The maximum absolute atomic E-state index is 12.4. The number of benzene rings is 2. The van der Waals surface area contributed by atoms with Crippen LogP contribution in [0.15, 0.2) is 48.5 Å². The van der Waals surface area contributed by atoms with E-state index in [0.29, 0.717) is 0 Å². The minimum Gasteiger partial charge on any atom is -0.358 e. The molecule has 7 nitrogen and oxygen atoms in total. The Hall–Kier alpha value is -2.53. The van der Waals surface area contributed by atoms with E-state index in [0.717, 1.165) is 24.3 Å². The molecule has 2 aromatic rings. The average Bonchev–Trinajstić information content (AvgIpc) is 2.45. The Morgan fingerprint density at radius 3 is 1.21 bits per heavy atom. The first-order valence-electron chi connectivity index (χ1n) is 6.06. The smallest absolute Gasteiger partial charge is 0.358 e. The third-order valence-corrected chi connectivity index (χ3v) is 3.41. The lowest BCUT2D eigenvalue weighted by Crippen LogP contribution is -2.04. The molecule has 128 valence electrons. The first kappa shape index (κ1) is 17.8. The highest BCUT2D eigenvalue weighted by Gasteiger charge is 2.14. The van der Waals surface area contributed by atoms with Gasteiger partial charge in [0.25, 0.3) is 0 Å². The van der Waals surface area contributed by atoms with Crippen molar-refractivity contribution in [2.24, 2.45) is 0 Å². The van der Waals surface area contributed by atoms with Crippen molar-refractivity contribution >= 4 is 26.8 Å². The molecule has 0 atom stereocenters. The molecular formula is C13H8F2O7S2. The quantitative estimate of drug-likeness (QED) is 0.560. The fraction of sp³-hybridized carbons (Fsp3) is 0. The van der Waals surface area contributed by atoms with E-state index in [2.05, 4.69) is 8.37 Å². The van der Waals surface area contributed by atoms with Crippen LogP contribution in [0.4, 0.5) is 7.77 Å². The number of carbonyl (C=O) groups is 1. The van der Waals surface area contributed by atoms with Gasteiger partial charge in [-0.05, 0) is 48.5 Å². The molecule has 0 spiro atoms. The summed E-state index contributed by atoms with van der Waals surface area (Å²) in [5.41, 5.74) is 0.260. The summed E-state index contributed by atoms with van der Waals surface area (Å²) in [6.45, 7) is 0. The number of hydrogen-bond donors (Lipinski definition) is 0. The summed E-state index contributed by atoms with van der Waals surface area (Å²) in [4.78, 5) is 12.2. The van der Waals surface area contributed by atoms with E-state index in [9.17, 15) is 29.4 Å². The van der Waals surface area contributed by atoms with Crippen molar-refractivity contribution < 1.29 is 37.8 Å². The van der Waals surface area contributed by atoms with Crippen molar-refractivity contribution in [3.05, 3.63) is 59.7 Å². The van der Waals surface area contributed by atoms with Crippen LogP contribution in [-0.4, -0.2) is 22.6 Å². The summed E-state index contributed by atoms with van der Waals surface area (Å²) in [5.74, 6) is -1.13. The zero-order valence-corrected chi connectivity index (χ0v) is 13.2. The predicted molar refractivity (Wildman–Crippen MR) is 77.6 cm³/mol. The molecule has 0 saturated carbocycles. The van der Waals surface area contributed by atoms with Crippen LogP contribution in [0.2, 0.25) is 0 Å². The van der Waals surface area contributed by atoms with E-state index < -0.39 is 26.8 Å². The molecule has 0 fully saturated rings. The van der Waals surface area contributed by atoms with Gasteiger partial charge in [0.1, 0.15) is 11.5 Å². The first-order chi connectivity index (χ1) is 11.0. The molecule has 0 N–H and O–H groups in total. The molecule has 0 amide bonds. The van der Waals surface area contributed by atoms with Crippen LogP contribution in [0.1, 0.15) is 15.9 Å². The van der Waals surface area contributed by atoms with Gasteiger partial charge in [0.15, 0.2) is 5.78 Å². The van der Waals surface area contributed by atoms with E-state index >= 15 is 0 Å². The molecule has 2 aromatic carbocycles. The second kappa shape index (κ2) is 6.53. The highest BCUT2D eigenvalue weighted by molar-refractivity contribution is 7.82. The monoisotopic (exact) mass is 378 g/mol. The molecule has 0 aliphatic heterocycles. The molecule has 2 rings (SSSR count). The van der Waals surface area contributed by atoms with Gasteiger partial charge in [0.05, 0.1) is 0 Å². The summed E-state index contributed by atoms with van der Waals surface area (Å²) in [6.07, 6.45) is 0. The lowest BCUT2D eigenvalue weighted by atomic mass is 10.0. The molecule has 0 aromatic heterocycles. The Balaban J connectivity index is 2.16. The third kappa shape index (κ3) is 5.28. The van der Waals surface area contributed by atoms with Gasteiger partial charge in [0.2, 0.25) is 0 Å². The summed E-state index contributed by atoms with van der Waals surface area (Å²) >= 11 is 0. The molecule has 24 heavy (non-hydrogen) atoms. The number of carbonyl (C=O) groups excluding carboxylic acids is 1. The molecular weight excluding hydrogens is 370 g/mol. The van der Waals surface area contributed by atoms with Gasteiger partial charge in [-0.1, -0.05) is 7.77 Å². The SMILES string of the molecule is O=C(c1ccc(OS(=O)(=O)F)cc1)c1ccc(OS(=O)(=O)F)cc1. The largest absolute Gasteiger partial charge is 0.488 e. The highest BCUT2D eigenvalue weighted by Crippen LogP contribution is 2.20. The minimum atomic E-state index is -5.16. The van der Waals surface area contributed by atoms with Gasteiger partial charge in [-0.15, -0.1) is 0 Å². The Labute approximate surface area is 136 Å². The van der Waals surface area contributed by atoms with Gasteiger partial charge in [-0.25, -0.2) is 0 Å². The minimum absolute atomic E-state index is 0.130. The van der Waals surface area contributed by atoms with Crippen LogP contribution in [0.25, 0.3) is 0 Å². The third-order valence-electron chi connectivity index (χ3n) is 2.62. The van der Waals surface area contributed by atoms with Gasteiger partial charge in [-0.2, -0.15) is 16.8 Å². The van der Waals surface area contributed by atoms with Crippen molar-refractivity contribution in [2.45, 2.75) is 0 Å². The summed E-state index contributed by atoms with van der Waals surface area (Å²) in [7, 11) is -10.3. The van der Waals surface area contributed by atoms with Crippen molar-refractivity contribution in [3.8, 4) is 11.5 Å². The second-order valence-corrected chi connectivity index (χ2v) is 6.24. The van der Waals surface area contributed by atoms with Crippen LogP contribution in [0.5, 0.6) is 11.5 Å². The average molecular weight is 378 g/mol. The van der Waals surface area contributed by atoms with Crippen molar-refractivity contribution in [1.29, 1.82) is 0 Å². The Morgan fingerprint density at radius 2 is 0.958 bits per heavy atom. The zero-order chi connectivity index (χ0) is 18.0. The standard InChI is InChI=1S/C13H8F2O7S2/c14-23(17,18)21-11-5-1-9(2-6-11)13(16)10-3-7-12(8-4-10)22-24(15,19)20/h1-8H. The fourth-order valence-corrected chi connectivity index (χ4v) is 2.40. The summed E-state index contributed by atoms with van der Waals surface area (Å²) in [6, 6.07) is 9.15. The summed E-state index contributed by atoms with van der Waals surface area (Å²) in [5, 5.41) is 0. The van der Waals surface area contributed by atoms with Crippen LogP contribution < -0.4 is 8.37 Å². The van der Waals surface area contributed by atoms with Crippen molar-refractivity contribution in [2.75, 3.05) is 0 Å². The molecule has 0 unspecified atom stereocenters.